The number of nitrogens with two attached hydrogens (primary N) is 1. The van der Waals surface area contributed by atoms with Crippen LogP contribution in [0.1, 0.15) is 71.4 Å². The van der Waals surface area contributed by atoms with Crippen LogP contribution < -0.4 is 5.14 Å². The molecular formula is C32H30F2N4O5S2. The molecule has 0 bridgehead atoms. The van der Waals surface area contributed by atoms with Gasteiger partial charge in [0.15, 0.2) is 5.69 Å². The van der Waals surface area contributed by atoms with Gasteiger partial charge in [-0.2, -0.15) is 5.10 Å². The normalized spacial score (nSPS) is 16.0. The zero-order chi connectivity index (χ0) is 31.9. The lowest BCUT2D eigenvalue weighted by atomic mass is 9.96. The third kappa shape index (κ3) is 6.84. The van der Waals surface area contributed by atoms with E-state index in [1.54, 1.807) is 16.8 Å². The number of rotatable bonds is 9. The summed E-state index contributed by atoms with van der Waals surface area (Å²) in [6, 6.07) is 8.08. The summed E-state index contributed by atoms with van der Waals surface area (Å²) >= 11 is 1.11. The maximum absolute atomic E-state index is 15.0. The highest BCUT2D eigenvalue weighted by atomic mass is 32.2. The molecular weight excluding hydrogens is 623 g/mol. The Morgan fingerprint density at radius 3 is 2.51 bits per heavy atom. The largest absolute Gasteiger partial charge is 0.476 e. The maximum Gasteiger partial charge on any atom is 0.355 e. The number of hydrogen-bond donors (Lipinski definition) is 3. The first-order valence-corrected chi connectivity index (χ1v) is 17.0. The predicted molar refractivity (Wildman–Crippen MR) is 163 cm³/mol. The van der Waals surface area contributed by atoms with Crippen molar-refractivity contribution in [1.29, 1.82) is 0 Å². The predicted octanol–water partition coefficient (Wildman–Crippen LogP) is 5.07. The second-order valence-corrected chi connectivity index (χ2v) is 14.0. The van der Waals surface area contributed by atoms with Gasteiger partial charge in [-0.3, -0.25) is 0 Å². The van der Waals surface area contributed by atoms with E-state index in [0.717, 1.165) is 67.7 Å². The Bertz CT molecular complexity index is 1950. The lowest BCUT2D eigenvalue weighted by Crippen LogP contribution is -2.14. The number of carbonyl (C=O) groups is 1. The first kappa shape index (κ1) is 31.0. The molecule has 2 aliphatic carbocycles. The third-order valence-electron chi connectivity index (χ3n) is 8.29. The quantitative estimate of drug-likeness (QED) is 0.214. The Labute approximate surface area is 262 Å². The Morgan fingerprint density at radius 1 is 1.11 bits per heavy atom. The summed E-state index contributed by atoms with van der Waals surface area (Å²) in [7, 11) is -4.27. The van der Waals surface area contributed by atoms with E-state index >= 15 is 0 Å². The molecule has 234 valence electrons. The molecule has 2 aliphatic rings. The monoisotopic (exact) mass is 652 g/mol. The highest BCUT2D eigenvalue weighted by molar-refractivity contribution is 7.89. The number of aromatic nitrogens is 3. The Morgan fingerprint density at radius 2 is 1.87 bits per heavy atom. The number of thiazole rings is 1. The van der Waals surface area contributed by atoms with E-state index in [2.05, 4.69) is 16.8 Å². The van der Waals surface area contributed by atoms with Gasteiger partial charge in [0.05, 0.1) is 17.0 Å². The van der Waals surface area contributed by atoms with E-state index < -0.39 is 38.6 Å². The van der Waals surface area contributed by atoms with Gasteiger partial charge in [0, 0.05) is 22.9 Å². The van der Waals surface area contributed by atoms with Gasteiger partial charge >= 0.3 is 5.97 Å². The van der Waals surface area contributed by atoms with E-state index in [0.29, 0.717) is 39.9 Å². The van der Waals surface area contributed by atoms with Crippen molar-refractivity contribution in [3.8, 4) is 28.2 Å². The van der Waals surface area contributed by atoms with Gasteiger partial charge in [-0.25, -0.2) is 36.8 Å². The van der Waals surface area contributed by atoms with Crippen LogP contribution in [-0.4, -0.2) is 45.5 Å². The van der Waals surface area contributed by atoms with E-state index in [4.69, 9.17) is 10.2 Å². The number of carboxylic acids is 1. The molecule has 1 unspecified atom stereocenters. The van der Waals surface area contributed by atoms with Crippen molar-refractivity contribution >= 4 is 27.3 Å². The average Bonchev–Trinajstić information content (AvgIpc) is 3.35. The van der Waals surface area contributed by atoms with Crippen LogP contribution >= 0.6 is 11.3 Å². The summed E-state index contributed by atoms with van der Waals surface area (Å²) in [5, 5.41) is 31.8. The average molecular weight is 653 g/mol. The van der Waals surface area contributed by atoms with Gasteiger partial charge in [0.2, 0.25) is 15.2 Å². The van der Waals surface area contributed by atoms with Crippen LogP contribution in [0.25, 0.3) is 16.4 Å². The summed E-state index contributed by atoms with van der Waals surface area (Å²) < 4.78 is 55.1. The fourth-order valence-electron chi connectivity index (χ4n) is 5.73. The zero-order valence-corrected chi connectivity index (χ0v) is 25.7. The van der Waals surface area contributed by atoms with Crippen molar-refractivity contribution < 1.29 is 32.2 Å². The van der Waals surface area contributed by atoms with Crippen LogP contribution in [0.4, 0.5) is 8.78 Å². The molecule has 2 fully saturated rings. The summed E-state index contributed by atoms with van der Waals surface area (Å²) in [6.07, 6.45) is 5.67. The van der Waals surface area contributed by atoms with Crippen molar-refractivity contribution in [2.75, 3.05) is 0 Å². The van der Waals surface area contributed by atoms with Crippen LogP contribution in [0.15, 0.2) is 46.7 Å². The number of primary sulfonamides is 1. The lowest BCUT2D eigenvalue weighted by molar-refractivity contribution is 0.0691. The minimum absolute atomic E-state index is 0.0612. The van der Waals surface area contributed by atoms with Crippen molar-refractivity contribution in [3.63, 3.8) is 0 Å². The standard InChI is InChI=1S/C32H30F2N4O5S2/c33-24-10-8-22(16-21(24)9-11-28(39)20-3-1-2-4-20)30-23(13-19-7-12-29(25(34)14-19)45(35,42)43)27(15-18-5-6-18)38(37-30)32-36-26(17-44-32)31(40)41/h7-8,10,12,14,16-18,20,28,39H,1-6,13,15H2,(H,40,41)(H2,35,42,43). The van der Waals surface area contributed by atoms with Crippen LogP contribution in [0, 0.1) is 35.3 Å². The number of carboxylic acid groups (broad SMARTS) is 1. The number of halogens is 2. The fraction of sp³-hybridized carbons (Fsp3) is 0.344. The summed E-state index contributed by atoms with van der Waals surface area (Å²) in [5.41, 5.74) is 2.76. The molecule has 4 aromatic rings. The van der Waals surface area contributed by atoms with Crippen LogP contribution in [-0.2, 0) is 22.9 Å². The number of aromatic carboxylic acids is 1. The SMILES string of the molecule is NS(=O)(=O)c1ccc(Cc2c(-c3ccc(F)c(C#CC(O)C4CCCC4)c3)nn(-c3nc(C(=O)O)cs3)c2CC2CC2)cc1F. The van der Waals surface area contributed by atoms with Crippen molar-refractivity contribution in [2.45, 2.75) is 62.4 Å². The summed E-state index contributed by atoms with van der Waals surface area (Å²) in [6.45, 7) is 0. The highest BCUT2D eigenvalue weighted by Gasteiger charge is 2.30. The van der Waals surface area contributed by atoms with E-state index in [1.165, 1.54) is 17.5 Å². The summed E-state index contributed by atoms with van der Waals surface area (Å²) in [5.74, 6) is 3.30. The Hall–Kier alpha value is -3.96. The molecule has 0 aliphatic heterocycles. The molecule has 0 spiro atoms. The Kier molecular flexibility index (Phi) is 8.58. The number of benzene rings is 2. The molecule has 0 amide bonds. The van der Waals surface area contributed by atoms with E-state index in [9.17, 15) is 32.2 Å². The maximum atomic E-state index is 15.0. The highest BCUT2D eigenvalue weighted by Crippen LogP contribution is 2.38. The van der Waals surface area contributed by atoms with Crippen molar-refractivity contribution in [1.82, 2.24) is 14.8 Å². The molecule has 4 N–H and O–H groups in total. The van der Waals surface area contributed by atoms with E-state index in [1.807, 2.05) is 0 Å². The van der Waals surface area contributed by atoms with Gasteiger partial charge in [-0.15, -0.1) is 11.3 Å². The molecule has 2 aromatic heterocycles. The molecule has 13 heteroatoms. The second kappa shape index (κ2) is 12.4. The number of nitrogens with zero attached hydrogens (tertiary/aromatic N) is 3. The molecule has 9 nitrogen and oxygen atoms in total. The molecule has 6 rings (SSSR count). The first-order valence-electron chi connectivity index (χ1n) is 14.6. The van der Waals surface area contributed by atoms with Crippen LogP contribution in [0.3, 0.4) is 0 Å². The second-order valence-electron chi connectivity index (χ2n) is 11.6. The van der Waals surface area contributed by atoms with Crippen molar-refractivity contribution in [2.24, 2.45) is 17.0 Å². The lowest BCUT2D eigenvalue weighted by Gasteiger charge is -2.11. The van der Waals surface area contributed by atoms with Crippen LogP contribution in [0.5, 0.6) is 0 Å². The van der Waals surface area contributed by atoms with Gasteiger partial charge in [0.1, 0.15) is 22.6 Å². The fourth-order valence-corrected chi connectivity index (χ4v) is 7.09. The molecule has 45 heavy (non-hydrogen) atoms. The molecule has 0 radical (unpaired) electrons. The van der Waals surface area contributed by atoms with Gasteiger partial charge in [-0.05, 0) is 79.8 Å². The number of aliphatic hydroxyl groups excluding tert-OH is 1. The molecule has 1 atom stereocenters. The third-order valence-corrected chi connectivity index (χ3v) is 10.0. The number of hydrogen-bond acceptors (Lipinski definition) is 7. The first-order chi connectivity index (χ1) is 21.5. The smallest absolute Gasteiger partial charge is 0.355 e. The van der Waals surface area contributed by atoms with Crippen LogP contribution in [0.2, 0.25) is 0 Å². The van der Waals surface area contributed by atoms with Gasteiger partial charge in [-0.1, -0.05) is 30.7 Å². The molecule has 2 saturated carbocycles. The molecule has 2 aromatic carbocycles. The number of sulfonamides is 1. The van der Waals surface area contributed by atoms with Gasteiger partial charge in [0.25, 0.3) is 0 Å². The number of aliphatic hydroxyl groups is 1. The molecule has 0 saturated heterocycles. The zero-order valence-electron chi connectivity index (χ0n) is 24.0. The minimum Gasteiger partial charge on any atom is -0.476 e. The van der Waals surface area contributed by atoms with Crippen molar-refractivity contribution in [3.05, 3.63) is 81.5 Å². The Balaban J connectivity index is 1.48. The van der Waals surface area contributed by atoms with Gasteiger partial charge < -0.3 is 10.2 Å². The topological polar surface area (TPSA) is 148 Å². The minimum atomic E-state index is -4.27. The molecule has 2 heterocycles. The van der Waals surface area contributed by atoms with E-state index in [-0.39, 0.29) is 23.6 Å². The summed E-state index contributed by atoms with van der Waals surface area (Å²) in [4.78, 5) is 15.3.